The summed E-state index contributed by atoms with van der Waals surface area (Å²) in [5, 5.41) is 12.4. The van der Waals surface area contributed by atoms with Gasteiger partial charge in [0.05, 0.1) is 13.0 Å². The van der Waals surface area contributed by atoms with Gasteiger partial charge in [0.25, 0.3) is 0 Å². The van der Waals surface area contributed by atoms with Gasteiger partial charge in [0, 0.05) is 15.4 Å². The van der Waals surface area contributed by atoms with Crippen molar-refractivity contribution < 1.29 is 23.8 Å². The topological polar surface area (TPSA) is 88.8 Å². The lowest BCUT2D eigenvalue weighted by Gasteiger charge is -2.19. The van der Waals surface area contributed by atoms with Crippen molar-refractivity contribution in [1.82, 2.24) is 5.32 Å². The Morgan fingerprint density at radius 2 is 2.00 bits per heavy atom. The van der Waals surface area contributed by atoms with Gasteiger partial charge in [0.15, 0.2) is 0 Å². The van der Waals surface area contributed by atoms with Crippen molar-refractivity contribution >= 4 is 39.0 Å². The zero-order valence-corrected chi connectivity index (χ0v) is 14.7. The lowest BCUT2D eigenvalue weighted by Crippen LogP contribution is -2.32. The van der Waals surface area contributed by atoms with Crippen LogP contribution in [-0.2, 0) is 22.5 Å². The van der Waals surface area contributed by atoms with E-state index >= 15 is 0 Å². The first-order valence-electron chi connectivity index (χ1n) is 7.03. The molecule has 0 unspecified atom stereocenters. The van der Waals surface area contributed by atoms with E-state index in [-0.39, 0.29) is 13.0 Å². The van der Waals surface area contributed by atoms with Crippen LogP contribution >= 0.6 is 15.9 Å². The molecule has 0 saturated heterocycles. The molecule has 0 aliphatic rings. The number of fused-ring (bicyclic) bond motifs is 1. The first-order chi connectivity index (χ1) is 10.6. The highest BCUT2D eigenvalue weighted by Gasteiger charge is 2.17. The number of hydrogen-bond donors (Lipinski definition) is 2. The van der Waals surface area contributed by atoms with Crippen LogP contribution in [0, 0.1) is 0 Å². The monoisotopic (exact) mass is 383 g/mol. The Bertz CT molecular complexity index is 745. The van der Waals surface area contributed by atoms with Gasteiger partial charge in [-0.3, -0.25) is 4.79 Å². The lowest BCUT2D eigenvalue weighted by molar-refractivity contribution is -0.136. The van der Waals surface area contributed by atoms with Crippen molar-refractivity contribution in [3.63, 3.8) is 0 Å². The second-order valence-corrected chi connectivity index (χ2v) is 7.04. The fourth-order valence-electron chi connectivity index (χ4n) is 2.09. The Balaban J connectivity index is 2.17. The number of hydrogen-bond acceptors (Lipinski definition) is 4. The molecule has 2 N–H and O–H groups in total. The molecule has 6 nitrogen and oxygen atoms in total. The number of alkyl carbamates (subject to hydrolysis) is 1. The summed E-state index contributed by atoms with van der Waals surface area (Å²) in [6, 6.07) is 5.31. The van der Waals surface area contributed by atoms with Crippen molar-refractivity contribution in [3.05, 3.63) is 34.0 Å². The summed E-state index contributed by atoms with van der Waals surface area (Å²) >= 11 is 3.35. The van der Waals surface area contributed by atoms with Crippen LogP contribution in [0.5, 0.6) is 0 Å². The van der Waals surface area contributed by atoms with Gasteiger partial charge in [0.2, 0.25) is 0 Å². The lowest BCUT2D eigenvalue weighted by atomic mass is 10.1. The second-order valence-electron chi connectivity index (χ2n) is 6.12. The Hall–Kier alpha value is -2.02. The summed E-state index contributed by atoms with van der Waals surface area (Å²) in [6.07, 6.45) is -0.674. The molecule has 0 atom stereocenters. The van der Waals surface area contributed by atoms with E-state index in [0.29, 0.717) is 16.9 Å². The summed E-state index contributed by atoms with van der Waals surface area (Å²) in [4.78, 5) is 22.6. The molecule has 1 heterocycles. The summed E-state index contributed by atoms with van der Waals surface area (Å²) in [5.74, 6) is -0.412. The van der Waals surface area contributed by atoms with Gasteiger partial charge in [-0.1, -0.05) is 15.9 Å². The first-order valence-corrected chi connectivity index (χ1v) is 7.83. The Morgan fingerprint density at radius 3 is 2.61 bits per heavy atom. The highest BCUT2D eigenvalue weighted by atomic mass is 79.9. The Labute approximate surface area is 141 Å². The molecule has 124 valence electrons. The maximum Gasteiger partial charge on any atom is 0.408 e. The second kappa shape index (κ2) is 6.62. The minimum absolute atomic E-state index is 0.137. The van der Waals surface area contributed by atoms with E-state index in [4.69, 9.17) is 14.3 Å². The fraction of sp³-hybridized carbons (Fsp3) is 0.375. The number of nitrogens with one attached hydrogen (secondary N) is 1. The highest BCUT2D eigenvalue weighted by Crippen LogP contribution is 2.28. The number of carbonyl (C=O) groups is 2. The van der Waals surface area contributed by atoms with Crippen molar-refractivity contribution in [3.8, 4) is 0 Å². The minimum Gasteiger partial charge on any atom is -0.481 e. The number of halogens is 1. The molecular weight excluding hydrogens is 366 g/mol. The molecule has 1 aromatic heterocycles. The number of carboxylic acids is 1. The third kappa shape index (κ3) is 4.99. The van der Waals surface area contributed by atoms with Gasteiger partial charge in [-0.15, -0.1) is 0 Å². The van der Waals surface area contributed by atoms with Crippen LogP contribution in [0.15, 0.2) is 27.1 Å². The number of carbonyl (C=O) groups excluding carboxylic acids is 1. The van der Waals surface area contributed by atoms with Crippen LogP contribution in [0.2, 0.25) is 0 Å². The van der Waals surface area contributed by atoms with Gasteiger partial charge >= 0.3 is 12.1 Å². The predicted molar refractivity (Wildman–Crippen MR) is 88.3 cm³/mol. The van der Waals surface area contributed by atoms with Gasteiger partial charge in [-0.25, -0.2) is 4.79 Å². The summed E-state index contributed by atoms with van der Waals surface area (Å²) in [5.41, 5.74) is 0.513. The van der Waals surface area contributed by atoms with Crippen LogP contribution in [0.3, 0.4) is 0 Å². The SMILES string of the molecule is CC(C)(C)OC(=O)NCc1cc2cc(Br)cc(CC(=O)O)c2o1. The number of aliphatic carboxylic acids is 1. The van der Waals surface area contributed by atoms with Crippen molar-refractivity contribution in [2.45, 2.75) is 39.3 Å². The zero-order valence-electron chi connectivity index (χ0n) is 13.1. The van der Waals surface area contributed by atoms with Crippen LogP contribution in [-0.4, -0.2) is 22.8 Å². The molecule has 0 bridgehead atoms. The fourth-order valence-corrected chi connectivity index (χ4v) is 2.62. The molecule has 0 radical (unpaired) electrons. The molecule has 0 aliphatic heterocycles. The van der Waals surface area contributed by atoms with Crippen LogP contribution in [0.1, 0.15) is 32.1 Å². The summed E-state index contributed by atoms with van der Waals surface area (Å²) in [6.45, 7) is 5.50. The molecule has 1 aromatic carbocycles. The van der Waals surface area contributed by atoms with Crippen molar-refractivity contribution in [2.24, 2.45) is 0 Å². The molecule has 0 saturated carbocycles. The number of amides is 1. The third-order valence-electron chi connectivity index (χ3n) is 2.86. The molecule has 2 rings (SSSR count). The largest absolute Gasteiger partial charge is 0.481 e. The van der Waals surface area contributed by atoms with E-state index in [2.05, 4.69) is 21.2 Å². The van der Waals surface area contributed by atoms with Gasteiger partial charge in [-0.05, 0) is 39.0 Å². The quantitative estimate of drug-likeness (QED) is 0.836. The van der Waals surface area contributed by atoms with Crippen LogP contribution in [0.25, 0.3) is 11.0 Å². The molecule has 0 spiro atoms. The van der Waals surface area contributed by atoms with Gasteiger partial charge < -0.3 is 19.6 Å². The number of benzene rings is 1. The maximum atomic E-state index is 11.7. The van der Waals surface area contributed by atoms with E-state index in [1.165, 1.54) is 0 Å². The molecule has 2 aromatic rings. The number of ether oxygens (including phenoxy) is 1. The Morgan fingerprint density at radius 1 is 1.30 bits per heavy atom. The zero-order chi connectivity index (χ0) is 17.2. The number of furan rings is 1. The van der Waals surface area contributed by atoms with E-state index in [1.54, 1.807) is 32.9 Å². The Kier molecular flexibility index (Phi) is 4.99. The van der Waals surface area contributed by atoms with Gasteiger partial charge in [-0.2, -0.15) is 0 Å². The van der Waals surface area contributed by atoms with Crippen molar-refractivity contribution in [2.75, 3.05) is 0 Å². The average Bonchev–Trinajstić information content (AvgIpc) is 2.76. The third-order valence-corrected chi connectivity index (χ3v) is 3.31. The molecular formula is C16H18BrNO5. The average molecular weight is 384 g/mol. The first kappa shape index (κ1) is 17.3. The van der Waals surface area contributed by atoms with Gasteiger partial charge in [0.1, 0.15) is 16.9 Å². The molecule has 0 fully saturated rings. The normalized spacial score (nSPS) is 11.5. The summed E-state index contributed by atoms with van der Waals surface area (Å²) in [7, 11) is 0. The highest BCUT2D eigenvalue weighted by molar-refractivity contribution is 9.10. The van der Waals surface area contributed by atoms with E-state index in [9.17, 15) is 9.59 Å². The molecule has 1 amide bonds. The molecule has 7 heteroatoms. The van der Waals surface area contributed by atoms with E-state index < -0.39 is 17.7 Å². The minimum atomic E-state index is -0.936. The van der Waals surface area contributed by atoms with E-state index in [1.807, 2.05) is 6.07 Å². The smallest absolute Gasteiger partial charge is 0.408 e. The van der Waals surface area contributed by atoms with Crippen LogP contribution < -0.4 is 5.32 Å². The summed E-state index contributed by atoms with van der Waals surface area (Å²) < 4.78 is 11.6. The molecule has 0 aliphatic carbocycles. The van der Waals surface area contributed by atoms with Crippen LogP contribution in [0.4, 0.5) is 4.79 Å². The van der Waals surface area contributed by atoms with E-state index in [0.717, 1.165) is 9.86 Å². The number of rotatable bonds is 4. The number of carboxylic acid groups (broad SMARTS) is 1. The van der Waals surface area contributed by atoms with Crippen molar-refractivity contribution in [1.29, 1.82) is 0 Å². The predicted octanol–water partition coefficient (Wildman–Crippen LogP) is 3.85. The maximum absolute atomic E-state index is 11.7. The standard InChI is InChI=1S/C16H18BrNO5/c1-16(2,3)23-15(21)18-8-12-6-9-4-11(17)5-10(7-13(19)20)14(9)22-12/h4-6H,7-8H2,1-3H3,(H,18,21)(H,19,20). The molecule has 23 heavy (non-hydrogen) atoms.